The molecule has 0 atom stereocenters. The summed E-state index contributed by atoms with van der Waals surface area (Å²) in [5.41, 5.74) is 4.04. The predicted molar refractivity (Wildman–Crippen MR) is 128 cm³/mol. The Morgan fingerprint density at radius 1 is 0.719 bits per heavy atom. The number of hydrogen-bond donors (Lipinski definition) is 1. The Bertz CT molecular complexity index is 1630. The minimum Gasteiger partial charge on any atom is -0.302 e. The molecule has 0 aliphatic rings. The van der Waals surface area contributed by atoms with Gasteiger partial charge in [0.25, 0.3) is 0 Å². The minimum atomic E-state index is 0.364. The van der Waals surface area contributed by atoms with Gasteiger partial charge in [-0.2, -0.15) is 0 Å². The van der Waals surface area contributed by atoms with Gasteiger partial charge in [0.05, 0.1) is 11.1 Å². The fourth-order valence-electron chi connectivity index (χ4n) is 4.08. The quantitative estimate of drug-likeness (QED) is 0.369. The van der Waals surface area contributed by atoms with Crippen LogP contribution < -0.4 is 5.49 Å². The van der Waals surface area contributed by atoms with Gasteiger partial charge in [0.1, 0.15) is 11.1 Å². The molecule has 6 rings (SSSR count). The first kappa shape index (κ1) is 18.8. The Balaban J connectivity index is 1.79. The Morgan fingerprint density at radius 3 is 2.06 bits per heavy atom. The van der Waals surface area contributed by atoms with Crippen molar-refractivity contribution in [2.45, 2.75) is 0 Å². The van der Waals surface area contributed by atoms with Gasteiger partial charge in [-0.1, -0.05) is 64.5 Å². The van der Waals surface area contributed by atoms with E-state index in [1.165, 1.54) is 0 Å². The summed E-state index contributed by atoms with van der Waals surface area (Å²) in [4.78, 5) is 0. The van der Waals surface area contributed by atoms with Crippen LogP contribution in [0.25, 0.3) is 39.6 Å². The fraction of sp³-hybridized carbons (Fsp3) is 0. The fourth-order valence-corrected chi connectivity index (χ4v) is 4.34. The summed E-state index contributed by atoms with van der Waals surface area (Å²) in [6.07, 6.45) is 2.00. The SMILES string of the molecule is N=c1c2ccn(-c3ccccc3)c2n2c(-c3ccc(Br)cc3)nnc2n1-c1ccccc1. The highest BCUT2D eigenvalue weighted by Gasteiger charge is 2.20. The Labute approximate surface area is 191 Å². The number of para-hydroxylation sites is 2. The van der Waals surface area contributed by atoms with Crippen LogP contribution in [-0.2, 0) is 0 Å². The number of hydrogen-bond acceptors (Lipinski definition) is 3. The third-order valence-corrected chi connectivity index (χ3v) is 6.08. The minimum absolute atomic E-state index is 0.364. The average molecular weight is 481 g/mol. The van der Waals surface area contributed by atoms with Crippen LogP contribution in [0, 0.1) is 5.41 Å². The summed E-state index contributed by atoms with van der Waals surface area (Å²) in [6.45, 7) is 0. The second-order valence-corrected chi connectivity index (χ2v) is 8.36. The van der Waals surface area contributed by atoms with Crippen molar-refractivity contribution in [3.63, 3.8) is 0 Å². The lowest BCUT2D eigenvalue weighted by atomic mass is 10.2. The summed E-state index contributed by atoms with van der Waals surface area (Å²) in [5, 5.41) is 19.0. The van der Waals surface area contributed by atoms with Crippen LogP contribution in [0.1, 0.15) is 0 Å². The standard InChI is InChI=1S/C25H17BrN6/c26-18-13-11-17(12-14-18)23-28-29-25-31(20-9-5-2-6-10-20)22(27)21-15-16-30(24(21)32(23)25)19-7-3-1-4-8-19/h1-16,27H. The number of aromatic nitrogens is 5. The lowest BCUT2D eigenvalue weighted by Crippen LogP contribution is -2.22. The molecule has 0 aliphatic carbocycles. The molecule has 6 aromatic rings. The maximum absolute atomic E-state index is 9.04. The molecule has 0 unspecified atom stereocenters. The molecule has 0 fully saturated rings. The van der Waals surface area contributed by atoms with Gasteiger partial charge in [0.15, 0.2) is 5.82 Å². The van der Waals surface area contributed by atoms with E-state index in [-0.39, 0.29) is 0 Å². The van der Waals surface area contributed by atoms with E-state index in [1.54, 1.807) is 0 Å². The molecular weight excluding hydrogens is 464 g/mol. The molecule has 0 aliphatic heterocycles. The number of nitrogens with one attached hydrogen (secondary N) is 1. The third-order valence-electron chi connectivity index (χ3n) is 5.55. The molecule has 1 N–H and O–H groups in total. The summed E-state index contributed by atoms with van der Waals surface area (Å²) in [5.74, 6) is 1.31. The lowest BCUT2D eigenvalue weighted by Gasteiger charge is -2.13. The molecule has 154 valence electrons. The highest BCUT2D eigenvalue weighted by molar-refractivity contribution is 9.10. The maximum atomic E-state index is 9.04. The van der Waals surface area contributed by atoms with Crippen molar-refractivity contribution in [2.75, 3.05) is 0 Å². The second-order valence-electron chi connectivity index (χ2n) is 7.44. The number of halogens is 1. The van der Waals surface area contributed by atoms with E-state index < -0.39 is 0 Å². The van der Waals surface area contributed by atoms with E-state index in [9.17, 15) is 0 Å². The first-order valence-electron chi connectivity index (χ1n) is 10.1. The van der Waals surface area contributed by atoms with Gasteiger partial charge in [-0.3, -0.25) is 9.98 Å². The van der Waals surface area contributed by atoms with Crippen LogP contribution in [-0.4, -0.2) is 23.7 Å². The molecule has 3 aromatic carbocycles. The molecule has 0 spiro atoms. The maximum Gasteiger partial charge on any atom is 0.243 e. The molecule has 0 bridgehead atoms. The number of rotatable bonds is 3. The average Bonchev–Trinajstić information content (AvgIpc) is 3.46. The van der Waals surface area contributed by atoms with Crippen LogP contribution in [0.4, 0.5) is 0 Å². The van der Waals surface area contributed by atoms with Crippen molar-refractivity contribution in [3.05, 3.63) is 107 Å². The molecule has 0 saturated heterocycles. The molecule has 6 nitrogen and oxygen atoms in total. The van der Waals surface area contributed by atoms with Crippen molar-refractivity contribution >= 4 is 32.7 Å². The third kappa shape index (κ3) is 2.82. The summed E-state index contributed by atoms with van der Waals surface area (Å²) >= 11 is 3.51. The van der Waals surface area contributed by atoms with Gasteiger partial charge >= 0.3 is 0 Å². The zero-order valence-electron chi connectivity index (χ0n) is 16.9. The predicted octanol–water partition coefficient (Wildman–Crippen LogP) is 5.37. The van der Waals surface area contributed by atoms with Crippen molar-refractivity contribution in [3.8, 4) is 22.8 Å². The van der Waals surface area contributed by atoms with Crippen LogP contribution >= 0.6 is 15.9 Å². The van der Waals surface area contributed by atoms with Gasteiger partial charge < -0.3 is 4.57 Å². The number of benzene rings is 3. The van der Waals surface area contributed by atoms with Crippen molar-refractivity contribution in [1.82, 2.24) is 23.7 Å². The Hall–Kier alpha value is -3.97. The van der Waals surface area contributed by atoms with Gasteiger partial charge in [-0.25, -0.2) is 4.40 Å². The van der Waals surface area contributed by atoms with Crippen LogP contribution in [0.15, 0.2) is 102 Å². The van der Waals surface area contributed by atoms with E-state index >= 15 is 0 Å². The molecule has 32 heavy (non-hydrogen) atoms. The van der Waals surface area contributed by atoms with Crippen LogP contribution in [0.5, 0.6) is 0 Å². The number of nitrogens with zero attached hydrogens (tertiary/aromatic N) is 5. The monoisotopic (exact) mass is 480 g/mol. The molecule has 7 heteroatoms. The van der Waals surface area contributed by atoms with Crippen molar-refractivity contribution in [2.24, 2.45) is 0 Å². The summed E-state index contributed by atoms with van der Waals surface area (Å²) in [7, 11) is 0. The smallest absolute Gasteiger partial charge is 0.243 e. The van der Waals surface area contributed by atoms with Gasteiger partial charge in [0.2, 0.25) is 5.78 Å². The van der Waals surface area contributed by atoms with E-state index in [4.69, 9.17) is 5.41 Å². The highest BCUT2D eigenvalue weighted by atomic mass is 79.9. The Kier molecular flexibility index (Phi) is 4.29. The first-order valence-corrected chi connectivity index (χ1v) is 10.9. The first-order chi connectivity index (χ1) is 15.7. The van der Waals surface area contributed by atoms with E-state index in [0.29, 0.717) is 11.3 Å². The van der Waals surface area contributed by atoms with Gasteiger partial charge in [-0.15, -0.1) is 10.2 Å². The lowest BCUT2D eigenvalue weighted by molar-refractivity contribution is 0.912. The van der Waals surface area contributed by atoms with Crippen molar-refractivity contribution < 1.29 is 0 Å². The molecule has 3 aromatic heterocycles. The van der Waals surface area contributed by atoms with Gasteiger partial charge in [0, 0.05) is 21.9 Å². The van der Waals surface area contributed by atoms with Crippen LogP contribution in [0.2, 0.25) is 0 Å². The normalized spacial score (nSPS) is 11.4. The Morgan fingerprint density at radius 2 is 1.38 bits per heavy atom. The highest BCUT2D eigenvalue weighted by Crippen LogP contribution is 2.27. The molecule has 0 saturated carbocycles. The summed E-state index contributed by atoms with van der Waals surface area (Å²) in [6, 6.07) is 30.0. The molecule has 0 amide bonds. The largest absolute Gasteiger partial charge is 0.302 e. The van der Waals surface area contributed by atoms with E-state index in [1.807, 2.05) is 94.0 Å². The van der Waals surface area contributed by atoms with Crippen LogP contribution in [0.3, 0.4) is 0 Å². The molecular formula is C25H17BrN6. The molecule has 0 radical (unpaired) electrons. The molecule has 3 heterocycles. The zero-order valence-corrected chi connectivity index (χ0v) is 18.4. The second kappa shape index (κ2) is 7.32. The van der Waals surface area contributed by atoms with E-state index in [2.05, 4.69) is 42.8 Å². The summed E-state index contributed by atoms with van der Waals surface area (Å²) < 4.78 is 6.96. The number of fused-ring (bicyclic) bond motifs is 3. The topological polar surface area (TPSA) is 63.9 Å². The van der Waals surface area contributed by atoms with Crippen molar-refractivity contribution in [1.29, 1.82) is 5.41 Å². The van der Waals surface area contributed by atoms with E-state index in [0.717, 1.165) is 38.3 Å². The zero-order chi connectivity index (χ0) is 21.7. The van der Waals surface area contributed by atoms with Gasteiger partial charge in [-0.05, 0) is 42.5 Å².